The Hall–Kier alpha value is -1.17. The fourth-order valence-electron chi connectivity index (χ4n) is 3.49. The number of likely N-dealkylation sites (tertiary alicyclic amines) is 1. The summed E-state index contributed by atoms with van der Waals surface area (Å²) in [5, 5.41) is 0. The molecule has 1 spiro atoms. The van der Waals surface area contributed by atoms with Gasteiger partial charge in [-0.15, -0.1) is 0 Å². The van der Waals surface area contributed by atoms with Gasteiger partial charge in [-0.2, -0.15) is 0 Å². The third kappa shape index (κ3) is 3.42. The summed E-state index contributed by atoms with van der Waals surface area (Å²) in [7, 11) is 0. The smallest absolute Gasteiger partial charge is 0.410 e. The lowest BCUT2D eigenvalue weighted by molar-refractivity contribution is -0.0951. The molecule has 3 rings (SSSR count). The zero-order valence-electron chi connectivity index (χ0n) is 13.3. The number of hydrogen-bond donors (Lipinski definition) is 0. The van der Waals surface area contributed by atoms with Crippen molar-refractivity contribution in [1.29, 1.82) is 0 Å². The Balaban J connectivity index is 1.43. The van der Waals surface area contributed by atoms with Crippen LogP contribution in [0.3, 0.4) is 0 Å². The fraction of sp³-hybridized carbons (Fsp3) is 0.688. The zero-order valence-corrected chi connectivity index (χ0v) is 14.9. The largest absolute Gasteiger partial charge is 0.444 e. The number of halogens is 1. The topological polar surface area (TPSA) is 55.3 Å². The van der Waals surface area contributed by atoms with E-state index in [4.69, 9.17) is 4.74 Å². The first kappa shape index (κ1) is 15.7. The summed E-state index contributed by atoms with van der Waals surface area (Å²) in [6, 6.07) is 0. The highest BCUT2D eigenvalue weighted by Gasteiger charge is 2.54. The molecule has 1 aliphatic heterocycles. The van der Waals surface area contributed by atoms with Crippen molar-refractivity contribution in [2.75, 3.05) is 13.1 Å². The van der Waals surface area contributed by atoms with Crippen LogP contribution in [-0.4, -0.2) is 39.7 Å². The predicted octanol–water partition coefficient (Wildman–Crippen LogP) is 3.43. The minimum atomic E-state index is -0.416. The minimum absolute atomic E-state index is 0.183. The standard InChI is InChI=1S/C16H22BrN3O2/c1-15(2,3)22-14(21)20-9-16(10-20)5-11(6-16)4-13-18-7-12(17)8-19-13/h7-8,11H,4-6,9-10H2,1-3H3. The van der Waals surface area contributed by atoms with E-state index < -0.39 is 5.60 Å². The molecule has 2 heterocycles. The number of carbonyl (C=O) groups is 1. The van der Waals surface area contributed by atoms with E-state index in [-0.39, 0.29) is 6.09 Å². The first-order valence-corrected chi connectivity index (χ1v) is 8.48. The summed E-state index contributed by atoms with van der Waals surface area (Å²) in [4.78, 5) is 22.4. The van der Waals surface area contributed by atoms with Crippen LogP contribution < -0.4 is 0 Å². The van der Waals surface area contributed by atoms with Gasteiger partial charge in [-0.3, -0.25) is 0 Å². The molecule has 0 bridgehead atoms. The molecule has 0 radical (unpaired) electrons. The Morgan fingerprint density at radius 3 is 2.50 bits per heavy atom. The number of carbonyl (C=O) groups excluding carboxylic acids is 1. The fourth-order valence-corrected chi connectivity index (χ4v) is 3.69. The SMILES string of the molecule is CC(C)(C)OC(=O)N1CC2(CC(Cc3ncc(Br)cn3)C2)C1. The molecule has 0 aromatic carbocycles. The molecule has 22 heavy (non-hydrogen) atoms. The van der Waals surface area contributed by atoms with Gasteiger partial charge in [0.05, 0.1) is 4.47 Å². The molecule has 1 saturated carbocycles. The van der Waals surface area contributed by atoms with Crippen LogP contribution in [0.1, 0.15) is 39.4 Å². The highest BCUT2D eigenvalue weighted by Crippen LogP contribution is 2.52. The second-order valence-electron chi connectivity index (χ2n) is 7.63. The number of nitrogens with zero attached hydrogens (tertiary/aromatic N) is 3. The van der Waals surface area contributed by atoms with Crippen molar-refractivity contribution in [3.05, 3.63) is 22.7 Å². The average molecular weight is 368 g/mol. The van der Waals surface area contributed by atoms with E-state index >= 15 is 0 Å². The van der Waals surface area contributed by atoms with Crippen LogP contribution in [0, 0.1) is 11.3 Å². The van der Waals surface area contributed by atoms with Crippen molar-refractivity contribution in [3.8, 4) is 0 Å². The Labute approximate surface area is 139 Å². The molecule has 1 aromatic heterocycles. The monoisotopic (exact) mass is 367 g/mol. The Morgan fingerprint density at radius 1 is 1.36 bits per heavy atom. The maximum absolute atomic E-state index is 12.0. The van der Waals surface area contributed by atoms with Crippen molar-refractivity contribution >= 4 is 22.0 Å². The molecular weight excluding hydrogens is 346 g/mol. The molecule has 2 aliphatic rings. The average Bonchev–Trinajstić information content (AvgIpc) is 2.30. The quantitative estimate of drug-likeness (QED) is 0.803. The molecule has 1 aromatic rings. The van der Waals surface area contributed by atoms with Gasteiger partial charge in [-0.1, -0.05) is 0 Å². The van der Waals surface area contributed by atoms with Crippen LogP contribution in [0.5, 0.6) is 0 Å². The summed E-state index contributed by atoms with van der Waals surface area (Å²) in [5.74, 6) is 1.55. The van der Waals surface area contributed by atoms with Crippen LogP contribution in [0.25, 0.3) is 0 Å². The lowest BCUT2D eigenvalue weighted by atomic mass is 9.57. The summed E-state index contributed by atoms with van der Waals surface area (Å²) in [5.41, 5.74) is -0.0855. The number of ether oxygens (including phenoxy) is 1. The maximum atomic E-state index is 12.0. The lowest BCUT2D eigenvalue weighted by Crippen LogP contribution is -2.64. The first-order chi connectivity index (χ1) is 10.2. The van der Waals surface area contributed by atoms with Crippen LogP contribution in [0.15, 0.2) is 16.9 Å². The third-order valence-corrected chi connectivity index (χ3v) is 4.70. The van der Waals surface area contributed by atoms with E-state index in [2.05, 4.69) is 25.9 Å². The Bertz CT molecular complexity index is 554. The van der Waals surface area contributed by atoms with Gasteiger partial charge >= 0.3 is 6.09 Å². The number of hydrogen-bond acceptors (Lipinski definition) is 4. The van der Waals surface area contributed by atoms with E-state index in [1.165, 1.54) is 0 Å². The van der Waals surface area contributed by atoms with Gasteiger partial charge in [0.1, 0.15) is 11.4 Å². The van der Waals surface area contributed by atoms with Crippen LogP contribution in [0.2, 0.25) is 0 Å². The van der Waals surface area contributed by atoms with Crippen LogP contribution >= 0.6 is 15.9 Å². The van der Waals surface area contributed by atoms with Crippen molar-refractivity contribution < 1.29 is 9.53 Å². The van der Waals surface area contributed by atoms with Gasteiger partial charge in [0.15, 0.2) is 0 Å². The summed E-state index contributed by atoms with van der Waals surface area (Å²) in [6.07, 6.45) is 6.66. The highest BCUT2D eigenvalue weighted by atomic mass is 79.9. The van der Waals surface area contributed by atoms with Crippen molar-refractivity contribution in [3.63, 3.8) is 0 Å². The van der Waals surface area contributed by atoms with Crippen molar-refractivity contribution in [1.82, 2.24) is 14.9 Å². The van der Waals surface area contributed by atoms with E-state index in [1.54, 1.807) is 12.4 Å². The molecule has 0 unspecified atom stereocenters. The normalized spacial score (nSPS) is 20.5. The Morgan fingerprint density at radius 2 is 1.95 bits per heavy atom. The predicted molar refractivity (Wildman–Crippen MR) is 86.4 cm³/mol. The van der Waals surface area contributed by atoms with Gasteiger partial charge in [0.25, 0.3) is 0 Å². The number of rotatable bonds is 2. The molecule has 6 heteroatoms. The van der Waals surface area contributed by atoms with E-state index in [1.807, 2.05) is 25.7 Å². The molecular formula is C16H22BrN3O2. The molecule has 2 fully saturated rings. The molecule has 1 aliphatic carbocycles. The molecule has 0 N–H and O–H groups in total. The van der Waals surface area contributed by atoms with Crippen molar-refractivity contribution in [2.45, 2.75) is 45.6 Å². The minimum Gasteiger partial charge on any atom is -0.444 e. The van der Waals surface area contributed by atoms with Gasteiger partial charge in [-0.25, -0.2) is 14.8 Å². The third-order valence-electron chi connectivity index (χ3n) is 4.29. The van der Waals surface area contributed by atoms with E-state index in [0.717, 1.165) is 42.6 Å². The second-order valence-corrected chi connectivity index (χ2v) is 8.55. The van der Waals surface area contributed by atoms with E-state index in [9.17, 15) is 4.79 Å². The summed E-state index contributed by atoms with van der Waals surface area (Å²) in [6.45, 7) is 7.37. The van der Waals surface area contributed by atoms with Crippen LogP contribution in [0.4, 0.5) is 4.79 Å². The van der Waals surface area contributed by atoms with Gasteiger partial charge < -0.3 is 9.64 Å². The first-order valence-electron chi connectivity index (χ1n) is 7.69. The van der Waals surface area contributed by atoms with Gasteiger partial charge in [0, 0.05) is 37.3 Å². The molecule has 0 atom stereocenters. The molecule has 1 saturated heterocycles. The van der Waals surface area contributed by atoms with Gasteiger partial charge in [-0.05, 0) is 55.5 Å². The highest BCUT2D eigenvalue weighted by molar-refractivity contribution is 9.10. The molecule has 5 nitrogen and oxygen atoms in total. The number of aromatic nitrogens is 2. The maximum Gasteiger partial charge on any atom is 0.410 e. The van der Waals surface area contributed by atoms with Crippen LogP contribution in [-0.2, 0) is 11.2 Å². The molecule has 120 valence electrons. The molecule has 1 amide bonds. The number of amides is 1. The van der Waals surface area contributed by atoms with Gasteiger partial charge in [0.2, 0.25) is 0 Å². The van der Waals surface area contributed by atoms with E-state index in [0.29, 0.717) is 11.3 Å². The second kappa shape index (κ2) is 5.48. The summed E-state index contributed by atoms with van der Waals surface area (Å²) < 4.78 is 6.31. The lowest BCUT2D eigenvalue weighted by Gasteiger charge is -2.58. The zero-order chi connectivity index (χ0) is 16.0. The Kier molecular flexibility index (Phi) is 3.91. The van der Waals surface area contributed by atoms with Crippen molar-refractivity contribution in [2.24, 2.45) is 11.3 Å². The summed E-state index contributed by atoms with van der Waals surface area (Å²) >= 11 is 3.35.